The molecule has 1 aliphatic heterocycles. The molecule has 184 valence electrons. The zero-order valence-corrected chi connectivity index (χ0v) is 21.3. The van der Waals surface area contributed by atoms with Crippen LogP contribution >= 0.6 is 0 Å². The van der Waals surface area contributed by atoms with Gasteiger partial charge in [0.15, 0.2) is 11.5 Å². The van der Waals surface area contributed by atoms with Gasteiger partial charge < -0.3 is 14.7 Å². The molecule has 3 aromatic carbocycles. The van der Waals surface area contributed by atoms with E-state index in [4.69, 9.17) is 9.72 Å². The van der Waals surface area contributed by atoms with Crippen molar-refractivity contribution >= 4 is 39.5 Å². The summed E-state index contributed by atoms with van der Waals surface area (Å²) in [5, 5.41) is 11.9. The number of aromatic hydroxyl groups is 1. The van der Waals surface area contributed by atoms with Gasteiger partial charge in [0.05, 0.1) is 35.6 Å². The van der Waals surface area contributed by atoms with Gasteiger partial charge in [-0.25, -0.2) is 9.97 Å². The maximum Gasteiger partial charge on any atom is 0.184 e. The highest BCUT2D eigenvalue weighted by Crippen LogP contribution is 2.51. The Hall–Kier alpha value is -4.58. The molecule has 3 heterocycles. The van der Waals surface area contributed by atoms with Crippen LogP contribution in [0.2, 0.25) is 0 Å². The van der Waals surface area contributed by atoms with Crippen molar-refractivity contribution < 1.29 is 9.84 Å². The van der Waals surface area contributed by atoms with Gasteiger partial charge in [-0.3, -0.25) is 4.90 Å². The molecule has 6 nitrogen and oxygen atoms in total. The molecule has 0 fully saturated rings. The van der Waals surface area contributed by atoms with Crippen molar-refractivity contribution in [2.45, 2.75) is 19.8 Å². The summed E-state index contributed by atoms with van der Waals surface area (Å²) >= 11 is 0. The van der Waals surface area contributed by atoms with Crippen molar-refractivity contribution in [3.8, 4) is 22.8 Å². The van der Waals surface area contributed by atoms with Crippen LogP contribution < -0.4 is 14.5 Å². The van der Waals surface area contributed by atoms with Gasteiger partial charge in [0.2, 0.25) is 0 Å². The van der Waals surface area contributed by atoms with Gasteiger partial charge in [-0.15, -0.1) is 0 Å². The van der Waals surface area contributed by atoms with Gasteiger partial charge in [0.1, 0.15) is 11.3 Å². The van der Waals surface area contributed by atoms with E-state index in [2.05, 4.69) is 72.1 Å². The fraction of sp³-hybridized carbons (Fsp3) is 0.161. The third-order valence-corrected chi connectivity index (χ3v) is 7.03. The summed E-state index contributed by atoms with van der Waals surface area (Å²) in [5.41, 5.74) is 7.60. The molecular formula is C31H28N4O2. The molecule has 2 aromatic heterocycles. The third-order valence-electron chi connectivity index (χ3n) is 7.03. The molecule has 6 rings (SSSR count). The molecule has 0 saturated carbocycles. The first kappa shape index (κ1) is 22.9. The summed E-state index contributed by atoms with van der Waals surface area (Å²) in [6.07, 6.45) is 1.81. The van der Waals surface area contributed by atoms with Crippen molar-refractivity contribution in [3.63, 3.8) is 0 Å². The number of hydrogen-bond donors (Lipinski definition) is 1. The van der Waals surface area contributed by atoms with Crippen LogP contribution in [0.25, 0.3) is 22.2 Å². The van der Waals surface area contributed by atoms with Crippen molar-refractivity contribution in [2.24, 2.45) is 0 Å². The summed E-state index contributed by atoms with van der Waals surface area (Å²) in [7, 11) is 3.65. The van der Waals surface area contributed by atoms with Crippen LogP contribution in [0.4, 0.5) is 28.6 Å². The SMILES string of the molecule is COc1cc(C(C)C)c2ccc(-c3ccc4c(c3)N(c3ccccn3)c3ccccc3N4C)nc2c1O. The minimum absolute atomic E-state index is 0.0606. The lowest BCUT2D eigenvalue weighted by atomic mass is 9.96. The molecule has 0 amide bonds. The first-order valence-electron chi connectivity index (χ1n) is 12.4. The number of ether oxygens (including phenoxy) is 1. The molecule has 0 bridgehead atoms. The first-order chi connectivity index (χ1) is 18.0. The predicted molar refractivity (Wildman–Crippen MR) is 150 cm³/mol. The Kier molecular flexibility index (Phi) is 5.45. The smallest absolute Gasteiger partial charge is 0.184 e. The molecule has 0 atom stereocenters. The number of phenols is 1. The van der Waals surface area contributed by atoms with E-state index in [1.807, 2.05) is 48.7 Å². The van der Waals surface area contributed by atoms with E-state index in [1.54, 1.807) is 7.11 Å². The number of aromatic nitrogens is 2. The number of pyridine rings is 2. The number of nitrogens with zero attached hydrogens (tertiary/aromatic N) is 4. The molecule has 37 heavy (non-hydrogen) atoms. The maximum atomic E-state index is 10.9. The molecule has 0 spiro atoms. The van der Waals surface area contributed by atoms with Crippen molar-refractivity contribution in [2.75, 3.05) is 24.0 Å². The molecule has 0 saturated heterocycles. The number of anilines is 5. The number of phenolic OH excluding ortho intramolecular Hbond substituents is 1. The van der Waals surface area contributed by atoms with Gasteiger partial charge in [-0.1, -0.05) is 44.2 Å². The van der Waals surface area contributed by atoms with E-state index in [0.29, 0.717) is 11.3 Å². The lowest BCUT2D eigenvalue weighted by Crippen LogP contribution is -2.24. The highest BCUT2D eigenvalue weighted by molar-refractivity contribution is 5.99. The Morgan fingerprint density at radius 3 is 2.32 bits per heavy atom. The summed E-state index contributed by atoms with van der Waals surface area (Å²) < 4.78 is 5.46. The average Bonchev–Trinajstić information content (AvgIpc) is 2.93. The molecule has 5 aromatic rings. The zero-order chi connectivity index (χ0) is 25.7. The lowest BCUT2D eigenvalue weighted by molar-refractivity contribution is 0.375. The topological polar surface area (TPSA) is 61.7 Å². The highest BCUT2D eigenvalue weighted by Gasteiger charge is 2.28. The summed E-state index contributed by atoms with van der Waals surface area (Å²) in [4.78, 5) is 14.0. The monoisotopic (exact) mass is 488 g/mol. The Balaban J connectivity index is 1.55. The average molecular weight is 489 g/mol. The summed E-state index contributed by atoms with van der Waals surface area (Å²) in [6.45, 7) is 4.26. The number of hydrogen-bond acceptors (Lipinski definition) is 6. The van der Waals surface area contributed by atoms with Crippen LogP contribution in [0.5, 0.6) is 11.5 Å². The molecular weight excluding hydrogens is 460 g/mol. The quantitative estimate of drug-likeness (QED) is 0.280. The zero-order valence-electron chi connectivity index (χ0n) is 21.3. The molecule has 6 heteroatoms. The van der Waals surface area contributed by atoms with E-state index in [1.165, 1.54) is 0 Å². The number of rotatable bonds is 4. The fourth-order valence-corrected chi connectivity index (χ4v) is 5.15. The molecule has 0 aliphatic carbocycles. The molecule has 0 unspecified atom stereocenters. The second kappa shape index (κ2) is 8.82. The fourth-order valence-electron chi connectivity index (χ4n) is 5.15. The Morgan fingerprint density at radius 1 is 0.838 bits per heavy atom. The number of methoxy groups -OCH3 is 1. The predicted octanol–water partition coefficient (Wildman–Crippen LogP) is 7.69. The third kappa shape index (κ3) is 3.64. The standard InChI is InChI=1S/C31H28N4O2/c1-19(2)22-18-28(37-4)31(36)30-21(22)13-14-23(33-30)20-12-15-25-27(17-20)35(29-11-7-8-16-32-29)26-10-6-5-9-24(26)34(25)3/h5-19,36H,1-4H3. The summed E-state index contributed by atoms with van der Waals surface area (Å²) in [6, 6.07) is 26.6. The van der Waals surface area contributed by atoms with Crippen LogP contribution in [0.3, 0.4) is 0 Å². The lowest BCUT2D eigenvalue weighted by Gasteiger charge is -2.38. The normalized spacial score (nSPS) is 12.6. The Morgan fingerprint density at radius 2 is 1.59 bits per heavy atom. The van der Waals surface area contributed by atoms with Gasteiger partial charge >= 0.3 is 0 Å². The van der Waals surface area contributed by atoms with Gasteiger partial charge in [0.25, 0.3) is 0 Å². The van der Waals surface area contributed by atoms with Crippen LogP contribution in [-0.2, 0) is 0 Å². The van der Waals surface area contributed by atoms with Crippen LogP contribution in [0.1, 0.15) is 25.3 Å². The second-order valence-corrected chi connectivity index (χ2v) is 9.54. The van der Waals surface area contributed by atoms with E-state index in [0.717, 1.165) is 50.8 Å². The van der Waals surface area contributed by atoms with E-state index >= 15 is 0 Å². The largest absolute Gasteiger partial charge is 0.503 e. The highest BCUT2D eigenvalue weighted by atomic mass is 16.5. The van der Waals surface area contributed by atoms with Gasteiger partial charge in [-0.2, -0.15) is 0 Å². The van der Waals surface area contributed by atoms with E-state index in [9.17, 15) is 5.11 Å². The van der Waals surface area contributed by atoms with Gasteiger partial charge in [-0.05, 0) is 60.0 Å². The van der Waals surface area contributed by atoms with E-state index in [-0.39, 0.29) is 11.7 Å². The molecule has 1 N–H and O–H groups in total. The second-order valence-electron chi connectivity index (χ2n) is 9.54. The van der Waals surface area contributed by atoms with Crippen molar-refractivity contribution in [1.29, 1.82) is 0 Å². The Labute approximate surface area is 216 Å². The number of benzene rings is 3. The first-order valence-corrected chi connectivity index (χ1v) is 12.4. The number of fused-ring (bicyclic) bond motifs is 3. The summed E-state index contributed by atoms with van der Waals surface area (Å²) in [5.74, 6) is 1.60. The minimum Gasteiger partial charge on any atom is -0.503 e. The van der Waals surface area contributed by atoms with Crippen molar-refractivity contribution in [3.05, 3.63) is 90.6 Å². The van der Waals surface area contributed by atoms with E-state index < -0.39 is 0 Å². The van der Waals surface area contributed by atoms with Crippen LogP contribution in [0.15, 0.2) is 85.1 Å². The van der Waals surface area contributed by atoms with Crippen LogP contribution in [-0.4, -0.2) is 29.2 Å². The minimum atomic E-state index is 0.0606. The molecule has 1 aliphatic rings. The molecule has 0 radical (unpaired) electrons. The Bertz CT molecular complexity index is 1630. The maximum absolute atomic E-state index is 10.9. The van der Waals surface area contributed by atoms with Crippen LogP contribution in [0, 0.1) is 0 Å². The van der Waals surface area contributed by atoms with Crippen molar-refractivity contribution in [1.82, 2.24) is 9.97 Å². The number of para-hydroxylation sites is 2. The van der Waals surface area contributed by atoms with Gasteiger partial charge in [0, 0.05) is 24.2 Å².